The van der Waals surface area contributed by atoms with Gasteiger partial charge in [-0.15, -0.1) is 0 Å². The lowest BCUT2D eigenvalue weighted by Crippen LogP contribution is -2.49. The Hall–Kier alpha value is -0.873. The van der Waals surface area contributed by atoms with E-state index in [-0.39, 0.29) is 28.9 Å². The van der Waals surface area contributed by atoms with Crippen LogP contribution in [0.25, 0.3) is 0 Å². The SMILES string of the molecule is C/C=C/C=C/C[C@@H](C)[C@H](O[Si](C)(C)C(C)(C)C)[C@@H](C)C(=O)NC. The number of rotatable bonds is 8. The molecule has 0 saturated heterocycles. The van der Waals surface area contributed by atoms with Gasteiger partial charge in [0.2, 0.25) is 5.91 Å². The minimum Gasteiger partial charge on any atom is -0.413 e. The average Bonchev–Trinajstić information content (AvgIpc) is 2.46. The summed E-state index contributed by atoms with van der Waals surface area (Å²) in [7, 11) is -0.231. The molecule has 134 valence electrons. The number of hydrogen-bond acceptors (Lipinski definition) is 2. The standard InChI is InChI=1S/C19H37NO2Si/c1-10-11-12-13-14-15(2)17(16(3)18(21)20-7)22-23(8,9)19(4,5)6/h10-13,15-17H,14H2,1-9H3,(H,20,21)/b11-10+,13-12+/t15-,16-,17+/m1/s1. The molecule has 3 nitrogen and oxygen atoms in total. The summed E-state index contributed by atoms with van der Waals surface area (Å²) in [6.45, 7) is 17.4. The molecule has 1 amide bonds. The van der Waals surface area contributed by atoms with Gasteiger partial charge in [-0.3, -0.25) is 4.79 Å². The van der Waals surface area contributed by atoms with Crippen molar-refractivity contribution in [3.05, 3.63) is 24.3 Å². The molecule has 4 heteroatoms. The zero-order valence-corrected chi connectivity index (χ0v) is 17.6. The lowest BCUT2D eigenvalue weighted by molar-refractivity contribution is -0.128. The summed E-state index contributed by atoms with van der Waals surface area (Å²) >= 11 is 0. The van der Waals surface area contributed by atoms with Gasteiger partial charge in [0.1, 0.15) is 0 Å². The van der Waals surface area contributed by atoms with Crippen molar-refractivity contribution >= 4 is 14.2 Å². The van der Waals surface area contributed by atoms with Gasteiger partial charge >= 0.3 is 0 Å². The van der Waals surface area contributed by atoms with E-state index < -0.39 is 8.32 Å². The van der Waals surface area contributed by atoms with Crippen molar-refractivity contribution in [1.82, 2.24) is 5.32 Å². The fraction of sp³-hybridized carbons (Fsp3) is 0.737. The van der Waals surface area contributed by atoms with Crippen LogP contribution in [0.3, 0.4) is 0 Å². The van der Waals surface area contributed by atoms with Crippen LogP contribution in [0.2, 0.25) is 18.1 Å². The van der Waals surface area contributed by atoms with Crippen LogP contribution in [0.1, 0.15) is 48.0 Å². The molecule has 0 bridgehead atoms. The van der Waals surface area contributed by atoms with Gasteiger partial charge in [0.25, 0.3) is 0 Å². The fourth-order valence-corrected chi connectivity index (χ4v) is 3.69. The highest BCUT2D eigenvalue weighted by Gasteiger charge is 2.42. The third-order valence-electron chi connectivity index (χ3n) is 4.90. The lowest BCUT2D eigenvalue weighted by atomic mass is 9.90. The second-order valence-corrected chi connectivity index (χ2v) is 12.7. The molecule has 0 saturated carbocycles. The molecule has 0 aromatic rings. The Morgan fingerprint density at radius 2 is 1.78 bits per heavy atom. The first-order valence-electron chi connectivity index (χ1n) is 8.65. The van der Waals surface area contributed by atoms with Crippen molar-refractivity contribution in [3.8, 4) is 0 Å². The highest BCUT2D eigenvalue weighted by Crippen LogP contribution is 2.39. The third kappa shape index (κ3) is 7.04. The van der Waals surface area contributed by atoms with E-state index in [4.69, 9.17) is 4.43 Å². The smallest absolute Gasteiger partial charge is 0.225 e. The van der Waals surface area contributed by atoms with Crippen LogP contribution in [0.15, 0.2) is 24.3 Å². The zero-order chi connectivity index (χ0) is 18.3. The molecule has 23 heavy (non-hydrogen) atoms. The summed E-state index contributed by atoms with van der Waals surface area (Å²) in [5.41, 5.74) is 0. The Labute approximate surface area is 144 Å². The molecular formula is C19H37NO2Si. The van der Waals surface area contributed by atoms with E-state index >= 15 is 0 Å². The van der Waals surface area contributed by atoms with Gasteiger partial charge in [-0.25, -0.2) is 0 Å². The molecule has 0 spiro atoms. The molecule has 0 aliphatic carbocycles. The maximum atomic E-state index is 12.2. The number of hydrogen-bond donors (Lipinski definition) is 1. The molecule has 1 N–H and O–H groups in total. The Morgan fingerprint density at radius 1 is 1.22 bits per heavy atom. The van der Waals surface area contributed by atoms with E-state index in [2.05, 4.69) is 58.3 Å². The predicted molar refractivity (Wildman–Crippen MR) is 103 cm³/mol. The number of allylic oxidation sites excluding steroid dienone is 4. The summed E-state index contributed by atoms with van der Waals surface area (Å²) in [6.07, 6.45) is 9.10. The normalized spacial score (nSPS) is 17.4. The van der Waals surface area contributed by atoms with Crippen LogP contribution in [-0.4, -0.2) is 27.4 Å². The maximum absolute atomic E-state index is 12.2. The first-order chi connectivity index (χ1) is 10.5. The Kier molecular flexibility index (Phi) is 9.07. The minimum atomic E-state index is -1.92. The van der Waals surface area contributed by atoms with Gasteiger partial charge in [0.15, 0.2) is 8.32 Å². The molecule has 3 atom stereocenters. The van der Waals surface area contributed by atoms with Crippen LogP contribution < -0.4 is 5.32 Å². The van der Waals surface area contributed by atoms with Crippen LogP contribution in [0.5, 0.6) is 0 Å². The lowest BCUT2D eigenvalue weighted by Gasteiger charge is -2.42. The van der Waals surface area contributed by atoms with Crippen molar-refractivity contribution in [1.29, 1.82) is 0 Å². The Morgan fingerprint density at radius 3 is 2.22 bits per heavy atom. The van der Waals surface area contributed by atoms with Crippen LogP contribution in [0, 0.1) is 11.8 Å². The third-order valence-corrected chi connectivity index (χ3v) is 9.37. The van der Waals surface area contributed by atoms with Gasteiger partial charge in [-0.05, 0) is 37.4 Å². The quantitative estimate of drug-likeness (QED) is 0.503. The average molecular weight is 340 g/mol. The second kappa shape index (κ2) is 9.43. The highest BCUT2D eigenvalue weighted by molar-refractivity contribution is 6.74. The molecule has 0 fully saturated rings. The first-order valence-corrected chi connectivity index (χ1v) is 11.6. The van der Waals surface area contributed by atoms with E-state index in [0.717, 1.165) is 6.42 Å². The molecule has 0 aromatic heterocycles. The monoisotopic (exact) mass is 339 g/mol. The Balaban J connectivity index is 5.27. The number of carbonyl (C=O) groups is 1. The molecular weight excluding hydrogens is 302 g/mol. The summed E-state index contributed by atoms with van der Waals surface area (Å²) < 4.78 is 6.63. The Bertz CT molecular complexity index is 422. The van der Waals surface area contributed by atoms with Gasteiger partial charge in [-0.1, -0.05) is 58.9 Å². The van der Waals surface area contributed by atoms with E-state index in [1.54, 1.807) is 7.05 Å². The highest BCUT2D eigenvalue weighted by atomic mass is 28.4. The van der Waals surface area contributed by atoms with Gasteiger partial charge in [0, 0.05) is 7.05 Å². The van der Waals surface area contributed by atoms with Crippen molar-refractivity contribution in [2.24, 2.45) is 11.8 Å². The van der Waals surface area contributed by atoms with Crippen LogP contribution in [-0.2, 0) is 9.22 Å². The molecule has 0 aliphatic rings. The molecule has 0 aliphatic heterocycles. The van der Waals surface area contributed by atoms with Gasteiger partial charge < -0.3 is 9.74 Å². The minimum absolute atomic E-state index is 0.0537. The van der Waals surface area contributed by atoms with Crippen LogP contribution in [0.4, 0.5) is 0 Å². The van der Waals surface area contributed by atoms with Crippen molar-refractivity contribution in [2.75, 3.05) is 7.05 Å². The predicted octanol–water partition coefficient (Wildman–Crippen LogP) is 4.92. The number of amides is 1. The first kappa shape index (κ1) is 22.1. The number of nitrogens with one attached hydrogen (secondary N) is 1. The fourth-order valence-electron chi connectivity index (χ4n) is 2.22. The maximum Gasteiger partial charge on any atom is 0.225 e. The van der Waals surface area contributed by atoms with E-state index in [9.17, 15) is 4.79 Å². The molecule has 0 aromatic carbocycles. The van der Waals surface area contributed by atoms with E-state index in [1.165, 1.54) is 0 Å². The summed E-state index contributed by atoms with van der Waals surface area (Å²) in [5, 5.41) is 2.90. The summed E-state index contributed by atoms with van der Waals surface area (Å²) in [6, 6.07) is 0. The van der Waals surface area contributed by atoms with Crippen molar-refractivity contribution in [3.63, 3.8) is 0 Å². The molecule has 0 unspecified atom stereocenters. The summed E-state index contributed by atoms with van der Waals surface area (Å²) in [5.74, 6) is 0.190. The van der Waals surface area contributed by atoms with Crippen LogP contribution >= 0.6 is 0 Å². The van der Waals surface area contributed by atoms with E-state index in [0.29, 0.717) is 0 Å². The molecule has 0 heterocycles. The van der Waals surface area contributed by atoms with Crippen molar-refractivity contribution < 1.29 is 9.22 Å². The van der Waals surface area contributed by atoms with Gasteiger partial charge in [0.05, 0.1) is 12.0 Å². The van der Waals surface area contributed by atoms with Gasteiger partial charge in [-0.2, -0.15) is 0 Å². The molecule has 0 rings (SSSR count). The molecule has 0 radical (unpaired) electrons. The van der Waals surface area contributed by atoms with Crippen molar-refractivity contribution in [2.45, 2.75) is 72.2 Å². The second-order valence-electron chi connectivity index (χ2n) is 7.91. The largest absolute Gasteiger partial charge is 0.413 e. The summed E-state index contributed by atoms with van der Waals surface area (Å²) in [4.78, 5) is 12.2. The number of carbonyl (C=O) groups excluding carboxylic acids is 1. The zero-order valence-electron chi connectivity index (χ0n) is 16.6. The topological polar surface area (TPSA) is 38.3 Å². The van der Waals surface area contributed by atoms with E-state index in [1.807, 2.05) is 26.0 Å².